The van der Waals surface area contributed by atoms with Crippen LogP contribution in [0.4, 0.5) is 0 Å². The van der Waals surface area contributed by atoms with Gasteiger partial charge >= 0.3 is 0 Å². The molecule has 2 heterocycles. The van der Waals surface area contributed by atoms with E-state index < -0.39 is 6.10 Å². The largest absolute Gasteiger partial charge is 0.395 e. The molecular weight excluding hydrogens is 300 g/mol. The van der Waals surface area contributed by atoms with Crippen LogP contribution < -0.4 is 0 Å². The Balaban J connectivity index is 1.57. The van der Waals surface area contributed by atoms with Gasteiger partial charge in [0.25, 0.3) is 0 Å². The predicted molar refractivity (Wildman–Crippen MR) is 94.8 cm³/mol. The van der Waals surface area contributed by atoms with Gasteiger partial charge in [-0.2, -0.15) is 0 Å². The standard InChI is InChI=1S/C20H22N2O2/c23-13-19-20(24)17(15-4-2-1-3-5-15)12-22(19)11-14-6-7-18-16(10-14)8-9-21-18/h1-10,17,19-21,23-24H,11-13H2/t17-,19-,20-/m1/s1. The first-order valence-electron chi connectivity index (χ1n) is 8.40. The van der Waals surface area contributed by atoms with E-state index >= 15 is 0 Å². The van der Waals surface area contributed by atoms with E-state index in [2.05, 4.69) is 46.3 Å². The molecule has 0 bridgehead atoms. The lowest BCUT2D eigenvalue weighted by atomic mass is 9.94. The summed E-state index contributed by atoms with van der Waals surface area (Å²) < 4.78 is 0. The van der Waals surface area contributed by atoms with Gasteiger partial charge in [0.1, 0.15) is 0 Å². The highest BCUT2D eigenvalue weighted by molar-refractivity contribution is 5.79. The number of benzene rings is 2. The molecule has 3 N–H and O–H groups in total. The molecule has 4 heteroatoms. The molecule has 4 nitrogen and oxygen atoms in total. The van der Waals surface area contributed by atoms with Crippen molar-refractivity contribution in [2.45, 2.75) is 24.6 Å². The second-order valence-electron chi connectivity index (χ2n) is 6.59. The average Bonchev–Trinajstić information content (AvgIpc) is 3.19. The average molecular weight is 322 g/mol. The number of nitrogens with zero attached hydrogens (tertiary/aromatic N) is 1. The Kier molecular flexibility index (Phi) is 4.10. The van der Waals surface area contributed by atoms with Crippen LogP contribution in [0, 0.1) is 0 Å². The van der Waals surface area contributed by atoms with E-state index in [4.69, 9.17) is 0 Å². The normalized spacial score (nSPS) is 24.7. The quantitative estimate of drug-likeness (QED) is 0.692. The molecule has 1 aromatic heterocycles. The van der Waals surface area contributed by atoms with Crippen LogP contribution in [-0.4, -0.2) is 45.4 Å². The zero-order valence-electron chi connectivity index (χ0n) is 13.5. The highest BCUT2D eigenvalue weighted by Crippen LogP contribution is 2.33. The van der Waals surface area contributed by atoms with Gasteiger partial charge in [-0.15, -0.1) is 0 Å². The molecule has 4 rings (SSSR count). The molecule has 0 amide bonds. The molecule has 0 unspecified atom stereocenters. The number of H-pyrrole nitrogens is 1. The number of rotatable bonds is 4. The maximum absolute atomic E-state index is 10.7. The Morgan fingerprint density at radius 3 is 2.71 bits per heavy atom. The third-order valence-corrected chi connectivity index (χ3v) is 5.12. The summed E-state index contributed by atoms with van der Waals surface area (Å²) in [6.45, 7) is 1.45. The molecule has 1 aliphatic rings. The molecule has 0 radical (unpaired) electrons. The van der Waals surface area contributed by atoms with Crippen LogP contribution in [0.5, 0.6) is 0 Å². The SMILES string of the molecule is OC[C@@H]1[C@H](O)[C@@H](c2ccccc2)CN1Cc1ccc2[nH]ccc2c1. The van der Waals surface area contributed by atoms with Crippen LogP contribution in [0.3, 0.4) is 0 Å². The first kappa shape index (κ1) is 15.4. The van der Waals surface area contributed by atoms with Crippen LogP contribution >= 0.6 is 0 Å². The number of aromatic nitrogens is 1. The number of nitrogens with one attached hydrogen (secondary N) is 1. The van der Waals surface area contributed by atoms with Gasteiger partial charge in [-0.3, -0.25) is 4.90 Å². The number of aliphatic hydroxyl groups is 2. The maximum Gasteiger partial charge on any atom is 0.0798 e. The Labute approximate surface area is 141 Å². The lowest BCUT2D eigenvalue weighted by Gasteiger charge is -2.24. The number of hydrogen-bond acceptors (Lipinski definition) is 3. The monoisotopic (exact) mass is 322 g/mol. The lowest BCUT2D eigenvalue weighted by molar-refractivity contribution is 0.0641. The molecule has 24 heavy (non-hydrogen) atoms. The van der Waals surface area contributed by atoms with Gasteiger partial charge in [-0.1, -0.05) is 36.4 Å². The van der Waals surface area contributed by atoms with E-state index in [0.29, 0.717) is 0 Å². The van der Waals surface area contributed by atoms with Gasteiger partial charge < -0.3 is 15.2 Å². The molecule has 1 aliphatic heterocycles. The Morgan fingerprint density at radius 2 is 1.92 bits per heavy atom. The van der Waals surface area contributed by atoms with E-state index in [9.17, 15) is 10.2 Å². The number of aromatic amines is 1. The topological polar surface area (TPSA) is 59.5 Å². The Hall–Kier alpha value is -2.14. The first-order chi connectivity index (χ1) is 11.8. The number of likely N-dealkylation sites (tertiary alicyclic amines) is 1. The summed E-state index contributed by atoms with van der Waals surface area (Å²) in [5.41, 5.74) is 3.45. The number of hydrogen-bond donors (Lipinski definition) is 3. The van der Waals surface area contributed by atoms with Crippen LogP contribution in [-0.2, 0) is 6.54 Å². The highest BCUT2D eigenvalue weighted by Gasteiger charge is 2.40. The van der Waals surface area contributed by atoms with Crippen molar-refractivity contribution in [1.29, 1.82) is 0 Å². The molecule has 0 aliphatic carbocycles. The van der Waals surface area contributed by atoms with Gasteiger partial charge in [0.15, 0.2) is 0 Å². The zero-order chi connectivity index (χ0) is 16.5. The first-order valence-corrected chi connectivity index (χ1v) is 8.40. The van der Waals surface area contributed by atoms with E-state index in [-0.39, 0.29) is 18.6 Å². The van der Waals surface area contributed by atoms with Crippen molar-refractivity contribution in [2.24, 2.45) is 0 Å². The van der Waals surface area contributed by atoms with Crippen molar-refractivity contribution in [3.8, 4) is 0 Å². The van der Waals surface area contributed by atoms with Crippen LogP contribution in [0.15, 0.2) is 60.8 Å². The second kappa shape index (κ2) is 6.40. The summed E-state index contributed by atoms with van der Waals surface area (Å²) in [5, 5.41) is 21.7. The van der Waals surface area contributed by atoms with Crippen molar-refractivity contribution < 1.29 is 10.2 Å². The molecule has 3 aromatic rings. The van der Waals surface area contributed by atoms with E-state index in [1.165, 1.54) is 10.9 Å². The molecule has 1 saturated heterocycles. The van der Waals surface area contributed by atoms with E-state index in [1.54, 1.807) is 0 Å². The molecular formula is C20H22N2O2. The predicted octanol–water partition coefficient (Wildman–Crippen LogP) is 2.49. The molecule has 3 atom stereocenters. The van der Waals surface area contributed by atoms with Gasteiger partial charge in [0.05, 0.1) is 18.8 Å². The minimum absolute atomic E-state index is 0.0309. The summed E-state index contributed by atoms with van der Waals surface area (Å²) >= 11 is 0. The minimum Gasteiger partial charge on any atom is -0.395 e. The summed E-state index contributed by atoms with van der Waals surface area (Å²) in [4.78, 5) is 5.39. The maximum atomic E-state index is 10.7. The number of fused-ring (bicyclic) bond motifs is 1. The fourth-order valence-electron chi connectivity index (χ4n) is 3.82. The van der Waals surface area contributed by atoms with E-state index in [1.807, 2.05) is 24.4 Å². The summed E-state index contributed by atoms with van der Waals surface area (Å²) in [7, 11) is 0. The van der Waals surface area contributed by atoms with Crippen LogP contribution in [0.25, 0.3) is 10.9 Å². The van der Waals surface area contributed by atoms with Crippen molar-refractivity contribution in [3.63, 3.8) is 0 Å². The molecule has 1 fully saturated rings. The fraction of sp³-hybridized carbons (Fsp3) is 0.300. The molecule has 124 valence electrons. The molecule has 2 aromatic carbocycles. The highest BCUT2D eigenvalue weighted by atomic mass is 16.3. The molecule has 0 saturated carbocycles. The van der Waals surface area contributed by atoms with Gasteiger partial charge in [0, 0.05) is 30.7 Å². The van der Waals surface area contributed by atoms with Crippen molar-refractivity contribution in [2.75, 3.05) is 13.2 Å². The van der Waals surface area contributed by atoms with E-state index in [0.717, 1.165) is 24.2 Å². The third kappa shape index (κ3) is 2.73. The van der Waals surface area contributed by atoms with Crippen molar-refractivity contribution in [3.05, 3.63) is 71.9 Å². The summed E-state index contributed by atoms with van der Waals surface area (Å²) in [6, 6.07) is 18.3. The van der Waals surface area contributed by atoms with Gasteiger partial charge in [-0.25, -0.2) is 0 Å². The van der Waals surface area contributed by atoms with Crippen molar-refractivity contribution >= 4 is 10.9 Å². The fourth-order valence-corrected chi connectivity index (χ4v) is 3.82. The summed E-state index contributed by atoms with van der Waals surface area (Å²) in [6.07, 6.45) is 1.39. The van der Waals surface area contributed by atoms with Gasteiger partial charge in [0.2, 0.25) is 0 Å². The number of aliphatic hydroxyl groups excluding tert-OH is 2. The minimum atomic E-state index is -0.548. The zero-order valence-corrected chi connectivity index (χ0v) is 13.5. The lowest BCUT2D eigenvalue weighted by Crippen LogP contribution is -2.38. The van der Waals surface area contributed by atoms with Crippen LogP contribution in [0.1, 0.15) is 17.0 Å². The van der Waals surface area contributed by atoms with Crippen molar-refractivity contribution in [1.82, 2.24) is 9.88 Å². The molecule has 0 spiro atoms. The second-order valence-corrected chi connectivity index (χ2v) is 6.59. The third-order valence-electron chi connectivity index (χ3n) is 5.12. The van der Waals surface area contributed by atoms with Crippen LogP contribution in [0.2, 0.25) is 0 Å². The smallest absolute Gasteiger partial charge is 0.0798 e. The summed E-state index contributed by atoms with van der Waals surface area (Å²) in [5.74, 6) is 0.0411. The van der Waals surface area contributed by atoms with Gasteiger partial charge in [-0.05, 0) is 34.7 Å². The Morgan fingerprint density at radius 1 is 1.08 bits per heavy atom. The Bertz CT molecular complexity index is 815.